The van der Waals surface area contributed by atoms with Crippen LogP contribution in [0.2, 0.25) is 5.28 Å². The van der Waals surface area contributed by atoms with Crippen molar-refractivity contribution in [1.29, 1.82) is 0 Å². The molecule has 2 aromatic rings. The highest BCUT2D eigenvalue weighted by atomic mass is 35.5. The molecule has 1 aromatic carbocycles. The van der Waals surface area contributed by atoms with Crippen molar-refractivity contribution in [2.24, 2.45) is 0 Å². The van der Waals surface area contributed by atoms with Crippen LogP contribution in [0.25, 0.3) is 0 Å². The van der Waals surface area contributed by atoms with Crippen LogP contribution in [-0.2, 0) is 6.42 Å². The number of hydrogen-bond acceptors (Lipinski definition) is 6. The third-order valence-electron chi connectivity index (χ3n) is 3.32. The molecule has 1 aliphatic carbocycles. The lowest BCUT2D eigenvalue weighted by Gasteiger charge is -2.14. The summed E-state index contributed by atoms with van der Waals surface area (Å²) in [6, 6.07) is 6.30. The number of nitrogens with one attached hydrogen (secondary N) is 1. The molecule has 7 heteroatoms. The maximum Gasteiger partial charge on any atom is 0.322 e. The molecule has 3 N–H and O–H groups in total. The van der Waals surface area contributed by atoms with Gasteiger partial charge >= 0.3 is 6.01 Å². The maximum atomic E-state index is 5.84. The first kappa shape index (κ1) is 12.9. The van der Waals surface area contributed by atoms with Gasteiger partial charge in [-0.25, -0.2) is 0 Å². The highest BCUT2D eigenvalue weighted by Crippen LogP contribution is 2.34. The Hall–Kier alpha value is -2.08. The van der Waals surface area contributed by atoms with Crippen LogP contribution in [0.15, 0.2) is 18.2 Å². The number of nitrogens with two attached hydrogens (primary N) is 1. The Morgan fingerprint density at radius 3 is 3.00 bits per heavy atom. The molecule has 104 valence electrons. The van der Waals surface area contributed by atoms with E-state index in [1.165, 1.54) is 18.2 Å². The second kappa shape index (κ2) is 5.13. The highest BCUT2D eigenvalue weighted by Gasteiger charge is 2.23. The van der Waals surface area contributed by atoms with Gasteiger partial charge in [0.2, 0.25) is 11.2 Å². The average molecular weight is 292 g/mol. The van der Waals surface area contributed by atoms with E-state index in [0.717, 1.165) is 18.5 Å². The Balaban J connectivity index is 1.85. The lowest BCUT2D eigenvalue weighted by Crippen LogP contribution is -2.11. The van der Waals surface area contributed by atoms with E-state index in [4.69, 9.17) is 22.1 Å². The Morgan fingerprint density at radius 2 is 2.20 bits per heavy atom. The lowest BCUT2D eigenvalue weighted by atomic mass is 10.1. The minimum atomic E-state index is 0.106. The summed E-state index contributed by atoms with van der Waals surface area (Å²) in [6.07, 6.45) is 1.94. The number of anilines is 2. The fraction of sp³-hybridized carbons (Fsp3) is 0.308. The summed E-state index contributed by atoms with van der Waals surface area (Å²) in [5.41, 5.74) is 9.06. The van der Waals surface area contributed by atoms with Gasteiger partial charge in [-0.2, -0.15) is 15.0 Å². The van der Waals surface area contributed by atoms with Crippen LogP contribution >= 0.6 is 11.6 Å². The minimum absolute atomic E-state index is 0.106. The molecule has 1 unspecified atom stereocenters. The standard InChI is InChI=1S/C13H14ClN5O/c1-20-13-18-11(14)17-12(19-13)16-10-5-2-7-6-8(15)3-4-9(7)10/h3-4,6,10H,2,5,15H2,1H3,(H,16,17,18,19). The molecule has 0 bridgehead atoms. The molecule has 0 saturated carbocycles. The molecule has 0 radical (unpaired) electrons. The molecule has 0 fully saturated rings. The average Bonchev–Trinajstić information content (AvgIpc) is 2.80. The van der Waals surface area contributed by atoms with E-state index in [1.54, 1.807) is 0 Å². The molecular weight excluding hydrogens is 278 g/mol. The van der Waals surface area contributed by atoms with Crippen molar-refractivity contribution < 1.29 is 4.74 Å². The number of aryl methyl sites for hydroxylation is 1. The first-order chi connectivity index (χ1) is 9.65. The van der Waals surface area contributed by atoms with Gasteiger partial charge < -0.3 is 15.8 Å². The zero-order valence-corrected chi connectivity index (χ0v) is 11.7. The van der Waals surface area contributed by atoms with Crippen LogP contribution in [0.3, 0.4) is 0 Å². The zero-order valence-electron chi connectivity index (χ0n) is 10.9. The van der Waals surface area contributed by atoms with Crippen molar-refractivity contribution in [2.75, 3.05) is 18.2 Å². The zero-order chi connectivity index (χ0) is 14.1. The van der Waals surface area contributed by atoms with E-state index in [2.05, 4.69) is 20.3 Å². The summed E-state index contributed by atoms with van der Waals surface area (Å²) in [7, 11) is 1.49. The predicted molar refractivity (Wildman–Crippen MR) is 76.9 cm³/mol. The normalized spacial score (nSPS) is 16.8. The van der Waals surface area contributed by atoms with Crippen LogP contribution in [0.1, 0.15) is 23.6 Å². The van der Waals surface area contributed by atoms with Crippen molar-refractivity contribution in [3.8, 4) is 6.01 Å². The molecule has 0 saturated heterocycles. The van der Waals surface area contributed by atoms with E-state index in [9.17, 15) is 0 Å². The number of ether oxygens (including phenoxy) is 1. The second-order valence-electron chi connectivity index (χ2n) is 4.61. The summed E-state index contributed by atoms with van der Waals surface area (Å²) < 4.78 is 4.98. The third kappa shape index (κ3) is 2.46. The van der Waals surface area contributed by atoms with Gasteiger partial charge in [0.15, 0.2) is 0 Å². The van der Waals surface area contributed by atoms with Crippen molar-refractivity contribution >= 4 is 23.2 Å². The summed E-state index contributed by atoms with van der Waals surface area (Å²) in [5, 5.41) is 3.37. The summed E-state index contributed by atoms with van der Waals surface area (Å²) in [5.74, 6) is 0.413. The number of nitrogens with zero attached hydrogens (tertiary/aromatic N) is 3. The predicted octanol–water partition coefficient (Wildman–Crippen LogP) is 2.22. The van der Waals surface area contributed by atoms with Crippen LogP contribution in [-0.4, -0.2) is 22.1 Å². The minimum Gasteiger partial charge on any atom is -0.467 e. The van der Waals surface area contributed by atoms with Crippen molar-refractivity contribution in [2.45, 2.75) is 18.9 Å². The topological polar surface area (TPSA) is 86.0 Å². The maximum absolute atomic E-state index is 5.84. The molecule has 1 aromatic heterocycles. The Bertz CT molecular complexity index is 649. The van der Waals surface area contributed by atoms with Gasteiger partial charge in [0, 0.05) is 5.69 Å². The molecule has 6 nitrogen and oxygen atoms in total. The number of benzene rings is 1. The fourth-order valence-corrected chi connectivity index (χ4v) is 2.58. The van der Waals surface area contributed by atoms with Crippen molar-refractivity contribution in [1.82, 2.24) is 15.0 Å². The van der Waals surface area contributed by atoms with Crippen LogP contribution < -0.4 is 15.8 Å². The number of nitrogen functional groups attached to an aromatic ring is 1. The second-order valence-corrected chi connectivity index (χ2v) is 4.95. The number of halogens is 1. The SMILES string of the molecule is COc1nc(Cl)nc(NC2CCc3cc(N)ccc32)n1. The fourth-order valence-electron chi connectivity index (χ4n) is 2.43. The molecular formula is C13H14ClN5O. The van der Waals surface area contributed by atoms with E-state index in [1.807, 2.05) is 18.2 Å². The first-order valence-electron chi connectivity index (χ1n) is 6.26. The van der Waals surface area contributed by atoms with Gasteiger partial charge in [0.05, 0.1) is 13.2 Å². The van der Waals surface area contributed by atoms with Crippen molar-refractivity contribution in [3.05, 3.63) is 34.6 Å². The van der Waals surface area contributed by atoms with E-state index < -0.39 is 0 Å². The summed E-state index contributed by atoms with van der Waals surface area (Å²) in [6.45, 7) is 0. The molecule has 1 heterocycles. The monoisotopic (exact) mass is 291 g/mol. The van der Waals surface area contributed by atoms with Gasteiger partial charge in [0.1, 0.15) is 0 Å². The number of methoxy groups -OCH3 is 1. The summed E-state index contributed by atoms with van der Waals surface area (Å²) >= 11 is 5.84. The highest BCUT2D eigenvalue weighted by molar-refractivity contribution is 6.28. The molecule has 1 aliphatic rings. The Labute approximate surface area is 121 Å². The van der Waals surface area contributed by atoms with E-state index in [0.29, 0.717) is 5.95 Å². The Kier molecular flexibility index (Phi) is 3.31. The number of hydrogen-bond donors (Lipinski definition) is 2. The van der Waals surface area contributed by atoms with E-state index >= 15 is 0 Å². The quantitative estimate of drug-likeness (QED) is 0.843. The number of fused-ring (bicyclic) bond motifs is 1. The third-order valence-corrected chi connectivity index (χ3v) is 3.49. The molecule has 1 atom stereocenters. The Morgan fingerprint density at radius 1 is 1.35 bits per heavy atom. The molecule has 20 heavy (non-hydrogen) atoms. The van der Waals surface area contributed by atoms with Gasteiger partial charge in [-0.05, 0) is 47.7 Å². The largest absolute Gasteiger partial charge is 0.467 e. The molecule has 3 rings (SSSR count). The van der Waals surface area contributed by atoms with Gasteiger partial charge in [-0.1, -0.05) is 6.07 Å². The lowest BCUT2D eigenvalue weighted by molar-refractivity contribution is 0.378. The summed E-state index contributed by atoms with van der Waals surface area (Å²) in [4.78, 5) is 12.1. The van der Waals surface area contributed by atoms with Crippen LogP contribution in [0.4, 0.5) is 11.6 Å². The van der Waals surface area contributed by atoms with Gasteiger partial charge in [0.25, 0.3) is 0 Å². The first-order valence-corrected chi connectivity index (χ1v) is 6.64. The molecule has 0 aliphatic heterocycles. The van der Waals surface area contributed by atoms with Gasteiger partial charge in [-0.3, -0.25) is 0 Å². The number of aromatic nitrogens is 3. The van der Waals surface area contributed by atoms with E-state index in [-0.39, 0.29) is 17.3 Å². The van der Waals surface area contributed by atoms with Crippen LogP contribution in [0.5, 0.6) is 6.01 Å². The molecule has 0 amide bonds. The van der Waals surface area contributed by atoms with Crippen LogP contribution in [0, 0.1) is 0 Å². The van der Waals surface area contributed by atoms with Crippen molar-refractivity contribution in [3.63, 3.8) is 0 Å². The molecule has 0 spiro atoms. The number of rotatable bonds is 3. The smallest absolute Gasteiger partial charge is 0.322 e. The van der Waals surface area contributed by atoms with Gasteiger partial charge in [-0.15, -0.1) is 0 Å².